The van der Waals surface area contributed by atoms with Gasteiger partial charge < -0.3 is 5.73 Å². The fourth-order valence-electron chi connectivity index (χ4n) is 0.888. The molecule has 0 radical (unpaired) electrons. The third-order valence-corrected chi connectivity index (χ3v) is 1.55. The van der Waals surface area contributed by atoms with Crippen LogP contribution in [0.4, 0.5) is 5.82 Å². The lowest BCUT2D eigenvalue weighted by Gasteiger charge is -1.94. The third kappa shape index (κ3) is 1.50. The smallest absolute Gasteiger partial charge is 0.121 e. The maximum Gasteiger partial charge on any atom is 0.121 e. The van der Waals surface area contributed by atoms with Crippen molar-refractivity contribution in [1.82, 2.24) is 10.2 Å². The fourth-order valence-corrected chi connectivity index (χ4v) is 0.888. The van der Waals surface area contributed by atoms with Crippen molar-refractivity contribution in [2.75, 3.05) is 5.73 Å². The minimum Gasteiger partial charge on any atom is -0.384 e. The lowest BCUT2D eigenvalue weighted by atomic mass is 10.1. The molecule has 1 aromatic heterocycles. The van der Waals surface area contributed by atoms with Crippen molar-refractivity contribution in [3.05, 3.63) is 11.8 Å². The molecule has 0 spiro atoms. The first kappa shape index (κ1) is 7.12. The molecular formula is C7H13N3. The normalized spacial score (nSPS) is 10.1. The largest absolute Gasteiger partial charge is 0.384 e. The molecule has 10 heavy (non-hydrogen) atoms. The van der Waals surface area contributed by atoms with Crippen molar-refractivity contribution in [2.45, 2.75) is 26.2 Å². The lowest BCUT2D eigenvalue weighted by molar-refractivity contribution is 0.797. The van der Waals surface area contributed by atoms with E-state index in [1.54, 1.807) is 6.20 Å². The number of rotatable bonds is 3. The van der Waals surface area contributed by atoms with Crippen LogP contribution in [0.15, 0.2) is 6.20 Å². The van der Waals surface area contributed by atoms with Crippen LogP contribution in [-0.2, 0) is 6.42 Å². The van der Waals surface area contributed by atoms with Gasteiger partial charge in [-0.05, 0) is 12.8 Å². The molecule has 0 amide bonds. The molecule has 0 aliphatic rings. The zero-order valence-electron chi connectivity index (χ0n) is 6.22. The van der Waals surface area contributed by atoms with Crippen LogP contribution in [0.3, 0.4) is 0 Å². The molecule has 1 rings (SSSR count). The number of nitrogens with zero attached hydrogens (tertiary/aromatic N) is 1. The first-order valence-electron chi connectivity index (χ1n) is 3.62. The molecule has 0 fully saturated rings. The first-order chi connectivity index (χ1) is 4.84. The molecule has 0 bridgehead atoms. The van der Waals surface area contributed by atoms with Crippen LogP contribution in [-0.4, -0.2) is 10.2 Å². The molecule has 0 atom stereocenters. The monoisotopic (exact) mass is 139 g/mol. The second kappa shape index (κ2) is 3.25. The minimum atomic E-state index is 0.716. The predicted molar refractivity (Wildman–Crippen MR) is 41.6 cm³/mol. The van der Waals surface area contributed by atoms with E-state index in [2.05, 4.69) is 17.1 Å². The Kier molecular flexibility index (Phi) is 2.31. The van der Waals surface area contributed by atoms with Crippen LogP contribution in [0.1, 0.15) is 25.3 Å². The zero-order chi connectivity index (χ0) is 7.40. The number of hydrogen-bond donors (Lipinski definition) is 2. The summed E-state index contributed by atoms with van der Waals surface area (Å²) in [4.78, 5) is 0. The maximum atomic E-state index is 5.56. The van der Waals surface area contributed by atoms with Crippen LogP contribution < -0.4 is 5.73 Å². The molecule has 0 unspecified atom stereocenters. The summed E-state index contributed by atoms with van der Waals surface area (Å²) in [5.41, 5.74) is 6.70. The third-order valence-electron chi connectivity index (χ3n) is 1.55. The Balaban J connectivity index is 2.49. The summed E-state index contributed by atoms with van der Waals surface area (Å²) in [5.74, 6) is 0.716. The van der Waals surface area contributed by atoms with Gasteiger partial charge in [0, 0.05) is 5.56 Å². The molecule has 3 heteroatoms. The van der Waals surface area contributed by atoms with E-state index < -0.39 is 0 Å². The Morgan fingerprint density at radius 1 is 1.70 bits per heavy atom. The van der Waals surface area contributed by atoms with E-state index in [1.807, 2.05) is 0 Å². The second-order valence-electron chi connectivity index (χ2n) is 2.41. The molecule has 3 nitrogen and oxygen atoms in total. The number of hydrogen-bond acceptors (Lipinski definition) is 2. The summed E-state index contributed by atoms with van der Waals surface area (Å²) < 4.78 is 0. The van der Waals surface area contributed by atoms with Gasteiger partial charge in [-0.2, -0.15) is 5.10 Å². The Hall–Kier alpha value is -0.990. The number of unbranched alkanes of at least 4 members (excludes halogenated alkanes) is 1. The Labute approximate surface area is 60.6 Å². The van der Waals surface area contributed by atoms with E-state index in [-0.39, 0.29) is 0 Å². The van der Waals surface area contributed by atoms with E-state index in [4.69, 9.17) is 5.73 Å². The quantitative estimate of drug-likeness (QED) is 0.663. The summed E-state index contributed by atoms with van der Waals surface area (Å²) in [6.07, 6.45) is 5.22. The van der Waals surface area contributed by atoms with Gasteiger partial charge in [-0.1, -0.05) is 13.3 Å². The Bertz CT molecular complexity index is 192. The predicted octanol–water partition coefficient (Wildman–Crippen LogP) is 1.33. The number of aryl methyl sites for hydroxylation is 1. The van der Waals surface area contributed by atoms with Crippen molar-refractivity contribution in [2.24, 2.45) is 0 Å². The summed E-state index contributed by atoms with van der Waals surface area (Å²) in [6, 6.07) is 0. The fraction of sp³-hybridized carbons (Fsp3) is 0.571. The summed E-state index contributed by atoms with van der Waals surface area (Å²) in [7, 11) is 0. The average molecular weight is 139 g/mol. The van der Waals surface area contributed by atoms with Gasteiger partial charge in [-0.3, -0.25) is 5.10 Å². The number of aromatic nitrogens is 2. The summed E-state index contributed by atoms with van der Waals surface area (Å²) >= 11 is 0. The van der Waals surface area contributed by atoms with Crippen LogP contribution in [0, 0.1) is 0 Å². The van der Waals surface area contributed by atoms with E-state index in [0.29, 0.717) is 5.82 Å². The standard InChI is InChI=1S/C7H13N3/c1-2-3-4-6-5-9-10-7(6)8/h5H,2-4H2,1H3,(H3,8,9,10). The lowest BCUT2D eigenvalue weighted by Crippen LogP contribution is -1.90. The van der Waals surface area contributed by atoms with Gasteiger partial charge >= 0.3 is 0 Å². The van der Waals surface area contributed by atoms with E-state index in [1.165, 1.54) is 12.8 Å². The van der Waals surface area contributed by atoms with Gasteiger partial charge in [0.1, 0.15) is 5.82 Å². The minimum absolute atomic E-state index is 0.716. The Morgan fingerprint density at radius 2 is 2.50 bits per heavy atom. The second-order valence-corrected chi connectivity index (χ2v) is 2.41. The number of aromatic amines is 1. The van der Waals surface area contributed by atoms with Crippen molar-refractivity contribution < 1.29 is 0 Å². The molecule has 1 heterocycles. The van der Waals surface area contributed by atoms with Crippen molar-refractivity contribution >= 4 is 5.82 Å². The molecule has 56 valence electrons. The van der Waals surface area contributed by atoms with Crippen LogP contribution in [0.5, 0.6) is 0 Å². The number of nitrogens with one attached hydrogen (secondary N) is 1. The number of nitrogen functional groups attached to an aromatic ring is 1. The number of H-pyrrole nitrogens is 1. The highest BCUT2D eigenvalue weighted by atomic mass is 15.1. The number of anilines is 1. The van der Waals surface area contributed by atoms with Crippen molar-refractivity contribution in [3.63, 3.8) is 0 Å². The van der Waals surface area contributed by atoms with Crippen LogP contribution >= 0.6 is 0 Å². The molecule has 0 saturated heterocycles. The molecule has 0 aliphatic heterocycles. The maximum absolute atomic E-state index is 5.56. The van der Waals surface area contributed by atoms with Gasteiger partial charge in [0.15, 0.2) is 0 Å². The van der Waals surface area contributed by atoms with E-state index >= 15 is 0 Å². The molecular weight excluding hydrogens is 126 g/mol. The number of nitrogens with two attached hydrogens (primary N) is 1. The van der Waals surface area contributed by atoms with Gasteiger partial charge in [0.05, 0.1) is 6.20 Å². The Morgan fingerprint density at radius 3 is 3.00 bits per heavy atom. The molecule has 0 saturated carbocycles. The van der Waals surface area contributed by atoms with E-state index in [9.17, 15) is 0 Å². The highest BCUT2D eigenvalue weighted by molar-refractivity contribution is 5.36. The topological polar surface area (TPSA) is 54.7 Å². The van der Waals surface area contributed by atoms with Gasteiger partial charge in [-0.15, -0.1) is 0 Å². The SMILES string of the molecule is CCCCc1cn[nH]c1N. The molecule has 3 N–H and O–H groups in total. The van der Waals surface area contributed by atoms with Gasteiger partial charge in [0.25, 0.3) is 0 Å². The van der Waals surface area contributed by atoms with Gasteiger partial charge in [0.2, 0.25) is 0 Å². The van der Waals surface area contributed by atoms with Crippen molar-refractivity contribution in [3.8, 4) is 0 Å². The average Bonchev–Trinajstić information content (AvgIpc) is 2.31. The summed E-state index contributed by atoms with van der Waals surface area (Å²) in [6.45, 7) is 2.16. The van der Waals surface area contributed by atoms with Crippen LogP contribution in [0.2, 0.25) is 0 Å². The zero-order valence-corrected chi connectivity index (χ0v) is 6.22. The molecule has 0 aliphatic carbocycles. The highest BCUT2D eigenvalue weighted by Gasteiger charge is 1.98. The molecule has 1 aromatic rings. The highest BCUT2D eigenvalue weighted by Crippen LogP contribution is 2.09. The van der Waals surface area contributed by atoms with Crippen LogP contribution in [0.25, 0.3) is 0 Å². The first-order valence-corrected chi connectivity index (χ1v) is 3.62. The van der Waals surface area contributed by atoms with E-state index in [0.717, 1.165) is 12.0 Å². The van der Waals surface area contributed by atoms with Crippen molar-refractivity contribution in [1.29, 1.82) is 0 Å². The van der Waals surface area contributed by atoms with Gasteiger partial charge in [-0.25, -0.2) is 0 Å². The summed E-state index contributed by atoms with van der Waals surface area (Å²) in [5, 5.41) is 6.53. The molecule has 0 aromatic carbocycles.